The third-order valence-corrected chi connectivity index (χ3v) is 4.99. The molecular formula is C14H23N3O5S. The van der Waals surface area contributed by atoms with Crippen LogP contribution in [-0.2, 0) is 30.5 Å². The molecule has 1 amide bonds. The van der Waals surface area contributed by atoms with Gasteiger partial charge in [0.1, 0.15) is 5.75 Å². The van der Waals surface area contributed by atoms with Gasteiger partial charge in [-0.15, -0.1) is 0 Å². The van der Waals surface area contributed by atoms with E-state index in [1.54, 1.807) is 4.90 Å². The van der Waals surface area contributed by atoms with Crippen molar-refractivity contribution in [2.45, 2.75) is 38.4 Å². The summed E-state index contributed by atoms with van der Waals surface area (Å²) in [5.74, 6) is -0.207. The highest BCUT2D eigenvalue weighted by Gasteiger charge is 2.25. The van der Waals surface area contributed by atoms with E-state index >= 15 is 0 Å². The van der Waals surface area contributed by atoms with Gasteiger partial charge in [-0.05, 0) is 0 Å². The Balaban J connectivity index is 1.89. The van der Waals surface area contributed by atoms with E-state index in [1.165, 1.54) is 0 Å². The highest BCUT2D eigenvalue weighted by Crippen LogP contribution is 2.19. The number of amides is 1. The normalized spacial score (nSPS) is 16.6. The first kappa shape index (κ1) is 17.9. The van der Waals surface area contributed by atoms with Crippen LogP contribution in [0.25, 0.3) is 0 Å². The number of nitrogens with zero attached hydrogens (tertiary/aromatic N) is 3. The van der Waals surface area contributed by atoms with Crippen LogP contribution in [0.15, 0.2) is 4.52 Å². The number of morpholine rings is 1. The lowest BCUT2D eigenvalue weighted by atomic mass is 9.96. The highest BCUT2D eigenvalue weighted by atomic mass is 32.2. The molecule has 1 aromatic heterocycles. The fraction of sp³-hybridized carbons (Fsp3) is 0.786. The summed E-state index contributed by atoms with van der Waals surface area (Å²) in [5.41, 5.74) is -0.308. The summed E-state index contributed by atoms with van der Waals surface area (Å²) in [6.45, 7) is 7.76. The summed E-state index contributed by atoms with van der Waals surface area (Å²) >= 11 is 0. The molecule has 0 unspecified atom stereocenters. The Bertz CT molecular complexity index is 642. The molecule has 2 rings (SSSR count). The minimum absolute atomic E-state index is 0.0391. The van der Waals surface area contributed by atoms with E-state index in [-0.39, 0.29) is 35.1 Å². The molecule has 23 heavy (non-hydrogen) atoms. The number of ether oxygens (including phenoxy) is 1. The van der Waals surface area contributed by atoms with E-state index in [2.05, 4.69) is 10.1 Å². The first-order valence-corrected chi connectivity index (χ1v) is 9.38. The van der Waals surface area contributed by atoms with Crippen LogP contribution in [0.5, 0.6) is 0 Å². The number of rotatable bonds is 5. The van der Waals surface area contributed by atoms with Crippen LogP contribution in [0.3, 0.4) is 0 Å². The van der Waals surface area contributed by atoms with Crippen molar-refractivity contribution in [3.63, 3.8) is 0 Å². The third kappa shape index (κ3) is 5.28. The zero-order chi connectivity index (χ0) is 17.1. The van der Waals surface area contributed by atoms with Crippen LogP contribution < -0.4 is 0 Å². The first-order chi connectivity index (χ1) is 10.7. The van der Waals surface area contributed by atoms with Crippen LogP contribution >= 0.6 is 0 Å². The van der Waals surface area contributed by atoms with Crippen LogP contribution in [0.1, 0.15) is 38.9 Å². The fourth-order valence-electron chi connectivity index (χ4n) is 2.09. The molecule has 0 aromatic carbocycles. The van der Waals surface area contributed by atoms with Crippen molar-refractivity contribution in [2.75, 3.05) is 32.1 Å². The van der Waals surface area contributed by atoms with Crippen molar-refractivity contribution in [3.8, 4) is 0 Å². The summed E-state index contributed by atoms with van der Waals surface area (Å²) in [6.07, 6.45) is -0.0391. The van der Waals surface area contributed by atoms with Crippen molar-refractivity contribution in [2.24, 2.45) is 0 Å². The molecule has 0 bridgehead atoms. The maximum Gasteiger partial charge on any atom is 0.241 e. The van der Waals surface area contributed by atoms with Crippen LogP contribution in [0.2, 0.25) is 0 Å². The summed E-state index contributed by atoms with van der Waals surface area (Å²) in [4.78, 5) is 17.7. The molecule has 1 saturated heterocycles. The second-order valence-corrected chi connectivity index (χ2v) is 8.78. The summed E-state index contributed by atoms with van der Waals surface area (Å²) in [6, 6.07) is 0. The molecule has 0 N–H and O–H groups in total. The molecule has 0 saturated carbocycles. The second kappa shape index (κ2) is 6.96. The predicted octanol–water partition coefficient (Wildman–Crippen LogP) is 0.531. The van der Waals surface area contributed by atoms with Gasteiger partial charge in [-0.25, -0.2) is 8.42 Å². The van der Waals surface area contributed by atoms with E-state index in [0.717, 1.165) is 0 Å². The zero-order valence-corrected chi connectivity index (χ0v) is 14.6. The quantitative estimate of drug-likeness (QED) is 0.767. The number of carbonyl (C=O) groups excluding carboxylic acids is 1. The number of hydrogen-bond acceptors (Lipinski definition) is 7. The zero-order valence-electron chi connectivity index (χ0n) is 13.7. The van der Waals surface area contributed by atoms with E-state index in [9.17, 15) is 13.2 Å². The van der Waals surface area contributed by atoms with E-state index < -0.39 is 9.84 Å². The number of sulfone groups is 1. The number of hydrogen-bond donors (Lipinski definition) is 0. The topological polar surface area (TPSA) is 103 Å². The Morgan fingerprint density at radius 3 is 2.48 bits per heavy atom. The molecule has 1 aliphatic heterocycles. The largest absolute Gasteiger partial charge is 0.378 e. The van der Waals surface area contributed by atoms with Crippen molar-refractivity contribution in [3.05, 3.63) is 11.7 Å². The number of carbonyl (C=O) groups is 1. The first-order valence-electron chi connectivity index (χ1n) is 7.56. The Kier molecular flexibility index (Phi) is 5.41. The second-order valence-electron chi connectivity index (χ2n) is 6.60. The molecule has 1 fully saturated rings. The lowest BCUT2D eigenvalue weighted by molar-refractivity contribution is -0.134. The lowest BCUT2D eigenvalue weighted by Crippen LogP contribution is -2.41. The van der Waals surface area contributed by atoms with Gasteiger partial charge in [0.05, 0.1) is 19.0 Å². The van der Waals surface area contributed by atoms with Gasteiger partial charge in [0, 0.05) is 24.9 Å². The molecule has 1 aliphatic rings. The van der Waals surface area contributed by atoms with Gasteiger partial charge < -0.3 is 14.2 Å². The molecule has 9 heteroatoms. The molecule has 2 heterocycles. The van der Waals surface area contributed by atoms with Crippen molar-refractivity contribution < 1.29 is 22.5 Å². The van der Waals surface area contributed by atoms with E-state index in [0.29, 0.717) is 32.1 Å². The van der Waals surface area contributed by atoms with Gasteiger partial charge in [0.25, 0.3) is 0 Å². The molecule has 0 radical (unpaired) electrons. The van der Waals surface area contributed by atoms with Crippen LogP contribution in [0.4, 0.5) is 0 Å². The average Bonchev–Trinajstić information content (AvgIpc) is 2.93. The monoisotopic (exact) mass is 345 g/mol. The maximum atomic E-state index is 12.1. The molecule has 8 nitrogen and oxygen atoms in total. The minimum Gasteiger partial charge on any atom is -0.378 e. The lowest BCUT2D eigenvalue weighted by Gasteiger charge is -2.26. The standard InChI is InChI=1S/C14H23N3O5S/c1-14(2,3)13-15-11(22-16-13)10-23(19,20)9-4-12(18)17-5-7-21-8-6-17/h4-10H2,1-3H3. The van der Waals surface area contributed by atoms with Gasteiger partial charge in [-0.2, -0.15) is 4.98 Å². The molecule has 0 spiro atoms. The van der Waals surface area contributed by atoms with E-state index in [1.807, 2.05) is 20.8 Å². The van der Waals surface area contributed by atoms with Gasteiger partial charge >= 0.3 is 0 Å². The molecule has 0 atom stereocenters. The van der Waals surface area contributed by atoms with Crippen molar-refractivity contribution in [1.82, 2.24) is 15.0 Å². The molecule has 0 aliphatic carbocycles. The van der Waals surface area contributed by atoms with Crippen molar-refractivity contribution in [1.29, 1.82) is 0 Å². The SMILES string of the molecule is CC(C)(C)c1noc(CS(=O)(=O)CCC(=O)N2CCOCC2)n1. The smallest absolute Gasteiger partial charge is 0.241 e. The van der Waals surface area contributed by atoms with Crippen LogP contribution in [0, 0.1) is 0 Å². The molecule has 130 valence electrons. The minimum atomic E-state index is -3.48. The summed E-state index contributed by atoms with van der Waals surface area (Å²) in [5, 5.41) is 3.80. The maximum absolute atomic E-state index is 12.1. The number of aromatic nitrogens is 2. The van der Waals surface area contributed by atoms with E-state index in [4.69, 9.17) is 9.26 Å². The van der Waals surface area contributed by atoms with Crippen molar-refractivity contribution >= 4 is 15.7 Å². The average molecular weight is 345 g/mol. The Hall–Kier alpha value is -1.48. The highest BCUT2D eigenvalue weighted by molar-refractivity contribution is 7.90. The fourth-order valence-corrected chi connectivity index (χ4v) is 3.22. The Morgan fingerprint density at radius 1 is 1.26 bits per heavy atom. The van der Waals surface area contributed by atoms with Gasteiger partial charge in [0.15, 0.2) is 15.7 Å². The van der Waals surface area contributed by atoms with Crippen LogP contribution in [-0.4, -0.2) is 61.4 Å². The Morgan fingerprint density at radius 2 is 1.91 bits per heavy atom. The molecular weight excluding hydrogens is 322 g/mol. The molecule has 1 aromatic rings. The predicted molar refractivity (Wildman–Crippen MR) is 82.5 cm³/mol. The third-order valence-electron chi connectivity index (χ3n) is 3.47. The van der Waals surface area contributed by atoms with Gasteiger partial charge in [-0.1, -0.05) is 25.9 Å². The summed E-state index contributed by atoms with van der Waals surface area (Å²) in [7, 11) is -3.48. The summed E-state index contributed by atoms with van der Waals surface area (Å²) < 4.78 is 34.4. The van der Waals surface area contributed by atoms with Gasteiger partial charge in [0.2, 0.25) is 11.8 Å². The van der Waals surface area contributed by atoms with Gasteiger partial charge in [-0.3, -0.25) is 4.79 Å². The Labute approximate surface area is 136 Å².